The number of amides is 1. The van der Waals surface area contributed by atoms with Crippen molar-refractivity contribution in [2.45, 2.75) is 37.9 Å². The predicted octanol–water partition coefficient (Wildman–Crippen LogP) is 2.54. The first kappa shape index (κ1) is 17.3. The fourth-order valence-corrected chi connectivity index (χ4v) is 3.43. The first-order chi connectivity index (χ1) is 10.4. The zero-order valence-electron chi connectivity index (χ0n) is 13.8. The Labute approximate surface area is 138 Å². The normalized spacial score (nSPS) is 23.7. The van der Waals surface area contributed by atoms with Crippen molar-refractivity contribution in [2.24, 2.45) is 0 Å². The van der Waals surface area contributed by atoms with Gasteiger partial charge in [-0.2, -0.15) is 0 Å². The Morgan fingerprint density at radius 2 is 2.05 bits per heavy atom. The van der Waals surface area contributed by atoms with Crippen LogP contribution < -0.4 is 5.32 Å². The minimum atomic E-state index is -0.0724. The van der Waals surface area contributed by atoms with Gasteiger partial charge in [0.25, 0.3) is 0 Å². The summed E-state index contributed by atoms with van der Waals surface area (Å²) in [5.41, 5.74) is 1.20. The third kappa shape index (κ3) is 3.80. The second-order valence-electron chi connectivity index (χ2n) is 6.27. The molecule has 1 heterocycles. The average Bonchev–Trinajstić information content (AvgIpc) is 2.81. The van der Waals surface area contributed by atoms with Crippen LogP contribution in [-0.2, 0) is 4.79 Å². The number of nitrogens with one attached hydrogen (secondary N) is 1. The summed E-state index contributed by atoms with van der Waals surface area (Å²) < 4.78 is 0. The Morgan fingerprint density at radius 1 is 1.41 bits per heavy atom. The second-order valence-corrected chi connectivity index (χ2v) is 6.70. The van der Waals surface area contributed by atoms with Crippen molar-refractivity contribution < 1.29 is 4.79 Å². The summed E-state index contributed by atoms with van der Waals surface area (Å²) in [6, 6.07) is 8.21. The quantitative estimate of drug-likeness (QED) is 0.904. The van der Waals surface area contributed by atoms with Gasteiger partial charge in [-0.1, -0.05) is 30.7 Å². The molecule has 122 valence electrons. The lowest BCUT2D eigenvalue weighted by Crippen LogP contribution is -2.48. The maximum absolute atomic E-state index is 12.5. The zero-order valence-corrected chi connectivity index (χ0v) is 14.6. The summed E-state index contributed by atoms with van der Waals surface area (Å²) in [7, 11) is 6.01. The standard InChI is InChI=1S/C17H26ClN3O/c1-5-15(20(2)3)17(22)19-14-10-11-21(4)16(14)12-6-8-13(18)9-7-12/h6-9,14-16H,5,10-11H2,1-4H3,(H,19,22). The third-order valence-electron chi connectivity index (χ3n) is 4.50. The van der Waals surface area contributed by atoms with Crippen molar-refractivity contribution >= 4 is 17.5 Å². The molecule has 1 aromatic rings. The number of carbonyl (C=O) groups is 1. The minimum absolute atomic E-state index is 0.0724. The van der Waals surface area contributed by atoms with E-state index in [4.69, 9.17) is 11.6 Å². The van der Waals surface area contributed by atoms with Gasteiger partial charge in [0.05, 0.1) is 12.1 Å². The molecule has 1 aromatic carbocycles. The van der Waals surface area contributed by atoms with Gasteiger partial charge < -0.3 is 5.32 Å². The van der Waals surface area contributed by atoms with E-state index < -0.39 is 0 Å². The molecule has 1 N–H and O–H groups in total. The molecule has 0 bridgehead atoms. The van der Waals surface area contributed by atoms with Crippen LogP contribution in [0, 0.1) is 0 Å². The number of halogens is 1. The molecule has 0 spiro atoms. The van der Waals surface area contributed by atoms with Crippen LogP contribution in [0.5, 0.6) is 0 Å². The first-order valence-corrected chi connectivity index (χ1v) is 8.24. The summed E-state index contributed by atoms with van der Waals surface area (Å²) in [5.74, 6) is 0.117. The molecule has 1 amide bonds. The van der Waals surface area contributed by atoms with Gasteiger partial charge >= 0.3 is 0 Å². The van der Waals surface area contributed by atoms with E-state index in [-0.39, 0.29) is 24.0 Å². The van der Waals surface area contributed by atoms with E-state index in [1.54, 1.807) is 0 Å². The molecule has 3 unspecified atom stereocenters. The van der Waals surface area contributed by atoms with Gasteiger partial charge in [-0.3, -0.25) is 14.6 Å². The van der Waals surface area contributed by atoms with E-state index in [0.29, 0.717) is 0 Å². The lowest BCUT2D eigenvalue weighted by atomic mass is 9.99. The molecular weight excluding hydrogens is 298 g/mol. The highest BCUT2D eigenvalue weighted by molar-refractivity contribution is 6.30. The largest absolute Gasteiger partial charge is 0.350 e. The highest BCUT2D eigenvalue weighted by Crippen LogP contribution is 2.31. The summed E-state index contributed by atoms with van der Waals surface area (Å²) in [6.07, 6.45) is 1.78. The molecule has 1 fully saturated rings. The molecule has 1 saturated heterocycles. The van der Waals surface area contributed by atoms with Crippen LogP contribution in [0.2, 0.25) is 5.02 Å². The van der Waals surface area contributed by atoms with Crippen LogP contribution >= 0.6 is 11.6 Å². The molecule has 22 heavy (non-hydrogen) atoms. The van der Waals surface area contributed by atoms with E-state index in [1.807, 2.05) is 38.1 Å². The molecule has 4 nitrogen and oxygen atoms in total. The van der Waals surface area contributed by atoms with E-state index in [9.17, 15) is 4.79 Å². The highest BCUT2D eigenvalue weighted by atomic mass is 35.5. The van der Waals surface area contributed by atoms with Crippen molar-refractivity contribution in [1.82, 2.24) is 15.1 Å². The smallest absolute Gasteiger partial charge is 0.237 e. The summed E-state index contributed by atoms with van der Waals surface area (Å²) in [4.78, 5) is 16.8. The monoisotopic (exact) mass is 323 g/mol. The van der Waals surface area contributed by atoms with Crippen LogP contribution in [0.25, 0.3) is 0 Å². The number of likely N-dealkylation sites (N-methyl/N-ethyl adjacent to an activating group) is 2. The lowest BCUT2D eigenvalue weighted by molar-refractivity contribution is -0.126. The molecule has 0 radical (unpaired) electrons. The topological polar surface area (TPSA) is 35.6 Å². The van der Waals surface area contributed by atoms with Crippen LogP contribution in [0.4, 0.5) is 0 Å². The number of nitrogens with zero attached hydrogens (tertiary/aromatic N) is 2. The fraction of sp³-hybridized carbons (Fsp3) is 0.588. The van der Waals surface area contributed by atoms with Gasteiger partial charge in [0.1, 0.15) is 0 Å². The number of hydrogen-bond donors (Lipinski definition) is 1. The van der Waals surface area contributed by atoms with Gasteiger partial charge in [-0.25, -0.2) is 0 Å². The van der Waals surface area contributed by atoms with Gasteiger partial charge in [0.2, 0.25) is 5.91 Å². The third-order valence-corrected chi connectivity index (χ3v) is 4.75. The SMILES string of the molecule is CCC(C(=O)NC1CCN(C)C1c1ccc(Cl)cc1)N(C)C. The van der Waals surface area contributed by atoms with E-state index >= 15 is 0 Å². The van der Waals surface area contributed by atoms with E-state index in [0.717, 1.165) is 24.4 Å². The van der Waals surface area contributed by atoms with Crippen molar-refractivity contribution in [3.05, 3.63) is 34.9 Å². The second kappa shape index (κ2) is 7.44. The van der Waals surface area contributed by atoms with Gasteiger partial charge in [0.15, 0.2) is 0 Å². The molecule has 0 aromatic heterocycles. The zero-order chi connectivity index (χ0) is 16.3. The number of likely N-dealkylation sites (tertiary alicyclic amines) is 1. The summed E-state index contributed by atoms with van der Waals surface area (Å²) in [5, 5.41) is 3.99. The predicted molar refractivity (Wildman–Crippen MR) is 91.1 cm³/mol. The van der Waals surface area contributed by atoms with Crippen LogP contribution in [-0.4, -0.2) is 55.5 Å². The van der Waals surface area contributed by atoms with Gasteiger partial charge in [-0.05, 0) is 51.7 Å². The number of benzene rings is 1. The maximum Gasteiger partial charge on any atom is 0.237 e. The van der Waals surface area contributed by atoms with E-state index in [1.165, 1.54) is 5.56 Å². The molecule has 0 saturated carbocycles. The lowest BCUT2D eigenvalue weighted by Gasteiger charge is -2.29. The Kier molecular flexibility index (Phi) is 5.84. The highest BCUT2D eigenvalue weighted by Gasteiger charge is 2.35. The number of carbonyl (C=O) groups excluding carboxylic acids is 1. The van der Waals surface area contributed by atoms with Crippen LogP contribution in [0.3, 0.4) is 0 Å². The Hall–Kier alpha value is -1.10. The van der Waals surface area contributed by atoms with Crippen molar-refractivity contribution in [2.75, 3.05) is 27.7 Å². The molecular formula is C17H26ClN3O. The fourth-order valence-electron chi connectivity index (χ4n) is 3.31. The average molecular weight is 324 g/mol. The molecule has 0 aliphatic carbocycles. The minimum Gasteiger partial charge on any atom is -0.350 e. The van der Waals surface area contributed by atoms with Crippen LogP contribution in [0.1, 0.15) is 31.4 Å². The Balaban J connectivity index is 2.12. The Morgan fingerprint density at radius 3 is 2.59 bits per heavy atom. The summed E-state index contributed by atoms with van der Waals surface area (Å²) >= 11 is 5.98. The van der Waals surface area contributed by atoms with Crippen molar-refractivity contribution in [3.8, 4) is 0 Å². The number of hydrogen-bond acceptors (Lipinski definition) is 3. The molecule has 3 atom stereocenters. The first-order valence-electron chi connectivity index (χ1n) is 7.86. The Bertz CT molecular complexity index is 503. The molecule has 1 aliphatic rings. The maximum atomic E-state index is 12.5. The summed E-state index contributed by atoms with van der Waals surface area (Å²) in [6.45, 7) is 3.03. The molecule has 2 rings (SSSR count). The van der Waals surface area contributed by atoms with Gasteiger partial charge in [-0.15, -0.1) is 0 Å². The van der Waals surface area contributed by atoms with Crippen LogP contribution in [0.15, 0.2) is 24.3 Å². The van der Waals surface area contributed by atoms with Crippen molar-refractivity contribution in [3.63, 3.8) is 0 Å². The molecule has 5 heteroatoms. The van der Waals surface area contributed by atoms with E-state index in [2.05, 4.69) is 29.4 Å². The number of rotatable bonds is 5. The molecule has 1 aliphatic heterocycles. The van der Waals surface area contributed by atoms with Crippen molar-refractivity contribution in [1.29, 1.82) is 0 Å². The van der Waals surface area contributed by atoms with Gasteiger partial charge in [0, 0.05) is 17.6 Å².